The number of benzene rings is 1. The maximum absolute atomic E-state index is 12.6. The highest BCUT2D eigenvalue weighted by atomic mass is 32.1. The molecule has 72 valence electrons. The van der Waals surface area contributed by atoms with Gasteiger partial charge in [0.25, 0.3) is 0 Å². The number of hydrogen-bond donors (Lipinski definition) is 1. The molecule has 2 aromatic rings. The van der Waals surface area contributed by atoms with E-state index in [1.165, 1.54) is 23.5 Å². The fourth-order valence-electron chi connectivity index (χ4n) is 1.22. The molecule has 0 saturated heterocycles. The van der Waals surface area contributed by atoms with Gasteiger partial charge in [-0.15, -0.1) is 11.3 Å². The van der Waals surface area contributed by atoms with E-state index in [4.69, 9.17) is 5.11 Å². The lowest BCUT2D eigenvalue weighted by molar-refractivity contribution is 0.278. The molecule has 0 saturated carbocycles. The van der Waals surface area contributed by atoms with Crippen molar-refractivity contribution in [3.05, 3.63) is 41.3 Å². The van der Waals surface area contributed by atoms with E-state index < -0.39 is 0 Å². The molecule has 0 atom stereocenters. The van der Waals surface area contributed by atoms with Crippen LogP contribution in [0.2, 0.25) is 0 Å². The van der Waals surface area contributed by atoms with Gasteiger partial charge in [-0.05, 0) is 17.7 Å². The summed E-state index contributed by atoms with van der Waals surface area (Å²) < 4.78 is 12.6. The van der Waals surface area contributed by atoms with Crippen molar-refractivity contribution in [2.24, 2.45) is 0 Å². The predicted octanol–water partition coefficient (Wildman–Crippen LogP) is 2.44. The summed E-state index contributed by atoms with van der Waals surface area (Å²) in [6, 6.07) is 6.16. The minimum absolute atomic E-state index is 0.0871. The highest BCUT2D eigenvalue weighted by Gasteiger charge is 2.06. The molecule has 1 N–H and O–H groups in total. The Balaban J connectivity index is 2.44. The topological polar surface area (TPSA) is 33.1 Å². The molecule has 0 spiro atoms. The van der Waals surface area contributed by atoms with Crippen LogP contribution < -0.4 is 0 Å². The van der Waals surface area contributed by atoms with Gasteiger partial charge in [0.1, 0.15) is 5.82 Å². The Morgan fingerprint density at radius 3 is 2.64 bits per heavy atom. The van der Waals surface area contributed by atoms with Crippen LogP contribution >= 0.6 is 11.3 Å². The molecular formula is C10H8FNOS. The zero-order chi connectivity index (χ0) is 9.97. The average Bonchev–Trinajstić information content (AvgIpc) is 2.67. The summed E-state index contributed by atoms with van der Waals surface area (Å²) in [5.41, 5.74) is 3.20. The van der Waals surface area contributed by atoms with Gasteiger partial charge in [0, 0.05) is 0 Å². The van der Waals surface area contributed by atoms with Gasteiger partial charge in [0.2, 0.25) is 0 Å². The maximum atomic E-state index is 12.6. The van der Waals surface area contributed by atoms with Crippen molar-refractivity contribution in [3.8, 4) is 10.4 Å². The third-order valence-corrected chi connectivity index (χ3v) is 2.82. The monoisotopic (exact) mass is 209 g/mol. The zero-order valence-corrected chi connectivity index (χ0v) is 8.09. The van der Waals surface area contributed by atoms with E-state index in [-0.39, 0.29) is 12.4 Å². The van der Waals surface area contributed by atoms with Crippen molar-refractivity contribution in [2.75, 3.05) is 0 Å². The van der Waals surface area contributed by atoms with E-state index in [9.17, 15) is 4.39 Å². The van der Waals surface area contributed by atoms with Crippen LogP contribution in [0.1, 0.15) is 5.69 Å². The minimum Gasteiger partial charge on any atom is -0.390 e. The average molecular weight is 209 g/mol. The number of rotatable bonds is 2. The van der Waals surface area contributed by atoms with E-state index in [1.54, 1.807) is 17.6 Å². The molecule has 0 fully saturated rings. The Kier molecular flexibility index (Phi) is 2.56. The van der Waals surface area contributed by atoms with Crippen molar-refractivity contribution < 1.29 is 9.50 Å². The number of hydrogen-bond acceptors (Lipinski definition) is 3. The normalized spacial score (nSPS) is 10.4. The van der Waals surface area contributed by atoms with Gasteiger partial charge in [-0.25, -0.2) is 9.37 Å². The van der Waals surface area contributed by atoms with Crippen molar-refractivity contribution in [3.63, 3.8) is 0 Å². The first kappa shape index (κ1) is 9.30. The van der Waals surface area contributed by atoms with Crippen LogP contribution in [-0.2, 0) is 6.61 Å². The zero-order valence-electron chi connectivity index (χ0n) is 7.27. The molecule has 2 nitrogen and oxygen atoms in total. The lowest BCUT2D eigenvalue weighted by Crippen LogP contribution is -1.86. The lowest BCUT2D eigenvalue weighted by Gasteiger charge is -1.99. The first-order chi connectivity index (χ1) is 6.81. The number of aliphatic hydroxyl groups is 1. The molecule has 0 radical (unpaired) electrons. The Hall–Kier alpha value is -1.26. The summed E-state index contributed by atoms with van der Waals surface area (Å²) in [6.45, 7) is -0.0871. The second kappa shape index (κ2) is 3.86. The highest BCUT2D eigenvalue weighted by molar-refractivity contribution is 7.13. The van der Waals surface area contributed by atoms with Crippen LogP contribution in [0.5, 0.6) is 0 Å². The predicted molar refractivity (Wildman–Crippen MR) is 53.4 cm³/mol. The van der Waals surface area contributed by atoms with Crippen molar-refractivity contribution in [1.82, 2.24) is 4.98 Å². The van der Waals surface area contributed by atoms with E-state index in [0.29, 0.717) is 5.69 Å². The Bertz CT molecular complexity index is 424. The van der Waals surface area contributed by atoms with Gasteiger partial charge in [-0.3, -0.25) is 0 Å². The van der Waals surface area contributed by atoms with Crippen LogP contribution in [0.25, 0.3) is 10.4 Å². The van der Waals surface area contributed by atoms with Gasteiger partial charge >= 0.3 is 0 Å². The summed E-state index contributed by atoms with van der Waals surface area (Å²) in [4.78, 5) is 4.90. The Morgan fingerprint density at radius 1 is 1.29 bits per heavy atom. The smallest absolute Gasteiger partial charge is 0.123 e. The number of aromatic nitrogens is 1. The molecule has 1 heterocycles. The fourth-order valence-corrected chi connectivity index (χ4v) is 2.03. The molecule has 0 aliphatic rings. The fraction of sp³-hybridized carbons (Fsp3) is 0.100. The van der Waals surface area contributed by atoms with Crippen molar-refractivity contribution >= 4 is 11.3 Å². The van der Waals surface area contributed by atoms with E-state index in [2.05, 4.69) is 4.98 Å². The minimum atomic E-state index is -0.260. The van der Waals surface area contributed by atoms with Crippen LogP contribution in [0, 0.1) is 5.82 Å². The Morgan fingerprint density at radius 2 is 2.00 bits per heavy atom. The largest absolute Gasteiger partial charge is 0.390 e. The molecule has 1 aromatic carbocycles. The molecule has 0 amide bonds. The molecule has 0 unspecified atom stereocenters. The molecule has 0 aliphatic heterocycles. The SMILES string of the molecule is OCc1ncsc1-c1ccc(F)cc1. The van der Waals surface area contributed by atoms with Gasteiger partial charge in [-0.2, -0.15) is 0 Å². The van der Waals surface area contributed by atoms with Crippen LogP contribution in [0.3, 0.4) is 0 Å². The summed E-state index contributed by atoms with van der Waals surface area (Å²) in [7, 11) is 0. The van der Waals surface area contributed by atoms with Gasteiger partial charge in [0.05, 0.1) is 22.7 Å². The van der Waals surface area contributed by atoms with E-state index >= 15 is 0 Å². The third kappa shape index (κ3) is 1.66. The summed E-state index contributed by atoms with van der Waals surface area (Å²) in [6.07, 6.45) is 0. The lowest BCUT2D eigenvalue weighted by atomic mass is 10.1. The van der Waals surface area contributed by atoms with E-state index in [0.717, 1.165) is 10.4 Å². The van der Waals surface area contributed by atoms with Crippen LogP contribution in [0.15, 0.2) is 29.8 Å². The Labute approximate surface area is 84.7 Å². The number of thiazole rings is 1. The van der Waals surface area contributed by atoms with Crippen molar-refractivity contribution in [1.29, 1.82) is 0 Å². The number of aliphatic hydroxyl groups excluding tert-OH is 1. The third-order valence-electron chi connectivity index (χ3n) is 1.90. The number of nitrogens with zero attached hydrogens (tertiary/aromatic N) is 1. The summed E-state index contributed by atoms with van der Waals surface area (Å²) in [5, 5.41) is 8.99. The first-order valence-electron chi connectivity index (χ1n) is 4.10. The second-order valence-electron chi connectivity index (χ2n) is 2.79. The molecule has 1 aromatic heterocycles. The summed E-state index contributed by atoms with van der Waals surface area (Å²) >= 11 is 1.44. The molecule has 2 rings (SSSR count). The molecular weight excluding hydrogens is 201 g/mol. The molecule has 0 bridgehead atoms. The second-order valence-corrected chi connectivity index (χ2v) is 3.65. The van der Waals surface area contributed by atoms with Crippen molar-refractivity contribution in [2.45, 2.75) is 6.61 Å². The number of halogens is 1. The van der Waals surface area contributed by atoms with Gasteiger partial charge in [-0.1, -0.05) is 12.1 Å². The van der Waals surface area contributed by atoms with Gasteiger partial charge in [0.15, 0.2) is 0 Å². The van der Waals surface area contributed by atoms with Gasteiger partial charge < -0.3 is 5.11 Å². The van der Waals surface area contributed by atoms with Crippen LogP contribution in [-0.4, -0.2) is 10.1 Å². The molecule has 0 aliphatic carbocycles. The van der Waals surface area contributed by atoms with E-state index in [1.807, 2.05) is 0 Å². The summed E-state index contributed by atoms with van der Waals surface area (Å²) in [5.74, 6) is -0.260. The van der Waals surface area contributed by atoms with Crippen LogP contribution in [0.4, 0.5) is 4.39 Å². The maximum Gasteiger partial charge on any atom is 0.123 e. The highest BCUT2D eigenvalue weighted by Crippen LogP contribution is 2.27. The molecule has 14 heavy (non-hydrogen) atoms. The standard InChI is InChI=1S/C10H8FNOS/c11-8-3-1-7(2-4-8)10-9(5-13)12-6-14-10/h1-4,6,13H,5H2. The molecule has 4 heteroatoms. The first-order valence-corrected chi connectivity index (χ1v) is 4.98. The quantitative estimate of drug-likeness (QED) is 0.824.